The average molecular weight is 269 g/mol. The van der Waals surface area contributed by atoms with Crippen LogP contribution < -0.4 is 10.2 Å². The highest BCUT2D eigenvalue weighted by atomic mass is 19.1. The number of hydrogen-bond acceptors (Lipinski definition) is 4. The van der Waals surface area contributed by atoms with Crippen LogP contribution >= 0.6 is 0 Å². The predicted octanol–water partition coefficient (Wildman–Crippen LogP) is 2.19. The van der Waals surface area contributed by atoms with Crippen molar-refractivity contribution in [1.29, 1.82) is 0 Å². The zero-order valence-electron chi connectivity index (χ0n) is 12.1. The minimum atomic E-state index is -0.294. The average Bonchev–Trinajstić information content (AvgIpc) is 2.42. The molecule has 0 aliphatic heterocycles. The SMILES string of the molecule is CCNCc1cc(F)cnc1N(CC)CCOCC. The summed E-state index contributed by atoms with van der Waals surface area (Å²) in [6.45, 7) is 10.5. The fraction of sp³-hybridized carbons (Fsp3) is 0.643. The van der Waals surface area contributed by atoms with Crippen LogP contribution in [0.4, 0.5) is 10.2 Å². The largest absolute Gasteiger partial charge is 0.380 e. The molecule has 0 aromatic carbocycles. The molecule has 0 amide bonds. The van der Waals surface area contributed by atoms with Gasteiger partial charge in [-0.15, -0.1) is 0 Å². The first-order valence-corrected chi connectivity index (χ1v) is 6.90. The molecule has 0 aliphatic rings. The molecule has 0 bridgehead atoms. The van der Waals surface area contributed by atoms with Gasteiger partial charge >= 0.3 is 0 Å². The standard InChI is InChI=1S/C14H24FN3O/c1-4-16-10-12-9-13(15)11-17-14(12)18(5-2)7-8-19-6-3/h9,11,16H,4-8,10H2,1-3H3. The van der Waals surface area contributed by atoms with Gasteiger partial charge in [0.05, 0.1) is 12.8 Å². The van der Waals surface area contributed by atoms with Gasteiger partial charge in [-0.3, -0.25) is 0 Å². The lowest BCUT2D eigenvalue weighted by atomic mass is 10.2. The second-order valence-corrected chi connectivity index (χ2v) is 4.19. The van der Waals surface area contributed by atoms with E-state index in [1.165, 1.54) is 6.20 Å². The number of aromatic nitrogens is 1. The Morgan fingerprint density at radius 2 is 2.16 bits per heavy atom. The van der Waals surface area contributed by atoms with Crippen molar-refractivity contribution in [3.05, 3.63) is 23.6 Å². The van der Waals surface area contributed by atoms with E-state index in [2.05, 4.69) is 22.1 Å². The van der Waals surface area contributed by atoms with Crippen LogP contribution in [0.25, 0.3) is 0 Å². The number of halogens is 1. The molecule has 1 aromatic rings. The summed E-state index contributed by atoms with van der Waals surface area (Å²) in [4.78, 5) is 6.35. The first-order valence-electron chi connectivity index (χ1n) is 6.90. The van der Waals surface area contributed by atoms with Crippen LogP contribution in [0.3, 0.4) is 0 Å². The normalized spacial score (nSPS) is 10.7. The summed E-state index contributed by atoms with van der Waals surface area (Å²) in [6, 6.07) is 1.55. The Bertz CT molecular complexity index is 374. The van der Waals surface area contributed by atoms with E-state index in [4.69, 9.17) is 4.74 Å². The lowest BCUT2D eigenvalue weighted by Crippen LogP contribution is -2.30. The van der Waals surface area contributed by atoms with Crippen LogP contribution in [0.1, 0.15) is 26.3 Å². The quantitative estimate of drug-likeness (QED) is 0.697. The molecular formula is C14H24FN3O. The predicted molar refractivity (Wildman–Crippen MR) is 76.0 cm³/mol. The van der Waals surface area contributed by atoms with E-state index in [1.807, 2.05) is 13.8 Å². The van der Waals surface area contributed by atoms with E-state index in [0.717, 1.165) is 31.0 Å². The van der Waals surface area contributed by atoms with Gasteiger partial charge in [-0.2, -0.15) is 0 Å². The second-order valence-electron chi connectivity index (χ2n) is 4.19. The third kappa shape index (κ3) is 5.12. The third-order valence-corrected chi connectivity index (χ3v) is 2.87. The van der Waals surface area contributed by atoms with Gasteiger partial charge in [-0.1, -0.05) is 6.92 Å². The Balaban J connectivity index is 2.81. The van der Waals surface area contributed by atoms with Crippen LogP contribution in [0.5, 0.6) is 0 Å². The van der Waals surface area contributed by atoms with Crippen LogP contribution in [0.15, 0.2) is 12.3 Å². The summed E-state index contributed by atoms with van der Waals surface area (Å²) in [5, 5.41) is 3.21. The topological polar surface area (TPSA) is 37.4 Å². The monoisotopic (exact) mass is 269 g/mol. The van der Waals surface area contributed by atoms with Crippen molar-refractivity contribution in [2.45, 2.75) is 27.3 Å². The van der Waals surface area contributed by atoms with E-state index in [-0.39, 0.29) is 5.82 Å². The first kappa shape index (κ1) is 15.9. The fourth-order valence-electron chi connectivity index (χ4n) is 1.88. The summed E-state index contributed by atoms with van der Waals surface area (Å²) in [7, 11) is 0. The van der Waals surface area contributed by atoms with Crippen molar-refractivity contribution in [3.8, 4) is 0 Å². The number of likely N-dealkylation sites (N-methyl/N-ethyl adjacent to an activating group) is 1. The highest BCUT2D eigenvalue weighted by Gasteiger charge is 2.12. The number of ether oxygens (including phenoxy) is 1. The molecule has 0 saturated carbocycles. The third-order valence-electron chi connectivity index (χ3n) is 2.87. The summed E-state index contributed by atoms with van der Waals surface area (Å²) in [5.74, 6) is 0.544. The molecule has 19 heavy (non-hydrogen) atoms. The highest BCUT2D eigenvalue weighted by Crippen LogP contribution is 2.18. The Labute approximate surface area is 115 Å². The number of nitrogens with zero attached hydrogens (tertiary/aromatic N) is 2. The van der Waals surface area contributed by atoms with E-state index in [0.29, 0.717) is 19.8 Å². The molecule has 1 rings (SSSR count). The molecule has 0 radical (unpaired) electrons. The van der Waals surface area contributed by atoms with Crippen molar-refractivity contribution < 1.29 is 9.13 Å². The van der Waals surface area contributed by atoms with Gasteiger partial charge in [0.15, 0.2) is 0 Å². The van der Waals surface area contributed by atoms with Crippen LogP contribution in [0, 0.1) is 5.82 Å². The molecule has 108 valence electrons. The highest BCUT2D eigenvalue weighted by molar-refractivity contribution is 5.46. The van der Waals surface area contributed by atoms with Gasteiger partial charge in [0.25, 0.3) is 0 Å². The summed E-state index contributed by atoms with van der Waals surface area (Å²) >= 11 is 0. The van der Waals surface area contributed by atoms with Gasteiger partial charge in [-0.05, 0) is 26.5 Å². The Morgan fingerprint density at radius 3 is 2.79 bits per heavy atom. The van der Waals surface area contributed by atoms with E-state index >= 15 is 0 Å². The van der Waals surface area contributed by atoms with Gasteiger partial charge in [0, 0.05) is 31.8 Å². The zero-order valence-corrected chi connectivity index (χ0v) is 12.1. The van der Waals surface area contributed by atoms with Gasteiger partial charge in [-0.25, -0.2) is 9.37 Å². The Hall–Kier alpha value is -1.20. The maximum atomic E-state index is 13.3. The summed E-state index contributed by atoms with van der Waals surface area (Å²) < 4.78 is 18.7. The van der Waals surface area contributed by atoms with Gasteiger partial charge in [0.2, 0.25) is 0 Å². The van der Waals surface area contributed by atoms with E-state index in [9.17, 15) is 4.39 Å². The number of anilines is 1. The smallest absolute Gasteiger partial charge is 0.141 e. The molecule has 1 N–H and O–H groups in total. The molecule has 0 spiro atoms. The Kier molecular flexibility index (Phi) is 7.36. The van der Waals surface area contributed by atoms with Crippen molar-refractivity contribution in [2.75, 3.05) is 37.7 Å². The molecule has 1 heterocycles. The van der Waals surface area contributed by atoms with Crippen molar-refractivity contribution in [3.63, 3.8) is 0 Å². The second kappa shape index (κ2) is 8.82. The molecule has 5 heteroatoms. The molecule has 4 nitrogen and oxygen atoms in total. The fourth-order valence-corrected chi connectivity index (χ4v) is 1.88. The van der Waals surface area contributed by atoms with Gasteiger partial charge < -0.3 is 15.0 Å². The number of pyridine rings is 1. The number of rotatable bonds is 9. The lowest BCUT2D eigenvalue weighted by Gasteiger charge is -2.24. The van der Waals surface area contributed by atoms with Crippen molar-refractivity contribution in [1.82, 2.24) is 10.3 Å². The first-order chi connectivity index (χ1) is 9.22. The van der Waals surface area contributed by atoms with E-state index < -0.39 is 0 Å². The van der Waals surface area contributed by atoms with Crippen molar-refractivity contribution >= 4 is 5.82 Å². The van der Waals surface area contributed by atoms with E-state index in [1.54, 1.807) is 6.07 Å². The molecular weight excluding hydrogens is 245 g/mol. The van der Waals surface area contributed by atoms with Crippen molar-refractivity contribution in [2.24, 2.45) is 0 Å². The van der Waals surface area contributed by atoms with Crippen LogP contribution in [-0.2, 0) is 11.3 Å². The molecule has 0 atom stereocenters. The molecule has 0 saturated heterocycles. The summed E-state index contributed by atoms with van der Waals surface area (Å²) in [6.07, 6.45) is 1.27. The number of hydrogen-bond donors (Lipinski definition) is 1. The van der Waals surface area contributed by atoms with Crippen LogP contribution in [-0.4, -0.2) is 37.8 Å². The summed E-state index contributed by atoms with van der Waals surface area (Å²) in [5.41, 5.74) is 0.889. The molecule has 0 aliphatic carbocycles. The number of nitrogens with one attached hydrogen (secondary N) is 1. The molecule has 0 fully saturated rings. The maximum Gasteiger partial charge on any atom is 0.141 e. The maximum absolute atomic E-state index is 13.3. The zero-order chi connectivity index (χ0) is 14.1. The lowest BCUT2D eigenvalue weighted by molar-refractivity contribution is 0.154. The molecule has 0 unspecified atom stereocenters. The minimum Gasteiger partial charge on any atom is -0.380 e. The molecule has 1 aromatic heterocycles. The van der Waals surface area contributed by atoms with Gasteiger partial charge in [0.1, 0.15) is 11.6 Å². The minimum absolute atomic E-state index is 0.294. The van der Waals surface area contributed by atoms with Crippen LogP contribution in [0.2, 0.25) is 0 Å². The Morgan fingerprint density at radius 1 is 1.37 bits per heavy atom.